The van der Waals surface area contributed by atoms with Gasteiger partial charge in [0.1, 0.15) is 0 Å². The Hall–Kier alpha value is -0.860. The van der Waals surface area contributed by atoms with Crippen molar-refractivity contribution in [1.29, 1.82) is 0 Å². The molecule has 1 heterocycles. The molecule has 0 radical (unpaired) electrons. The Balaban J connectivity index is 1.76. The fourth-order valence-electron chi connectivity index (χ4n) is 3.80. The van der Waals surface area contributed by atoms with Crippen LogP contribution in [0.4, 0.5) is 0 Å². The Morgan fingerprint density at radius 3 is 2.84 bits per heavy atom. The number of fused-ring (bicyclic) bond motifs is 1. The lowest BCUT2D eigenvalue weighted by Gasteiger charge is -2.39. The standard InChI is InChI=1S/C17H26N2/c1-13-5-4-11-19(12-10-13)16-9-8-14-6-2-3-7-15(14)17(16)18/h2-3,6-7,13,16-17H,4-5,8-12,18H2,1H3. The van der Waals surface area contributed by atoms with Crippen LogP contribution in [-0.4, -0.2) is 24.0 Å². The molecule has 3 rings (SSSR count). The minimum atomic E-state index is 0.207. The van der Waals surface area contributed by atoms with E-state index in [4.69, 9.17) is 5.73 Å². The van der Waals surface area contributed by atoms with Crippen molar-refractivity contribution in [1.82, 2.24) is 4.90 Å². The molecule has 1 aromatic carbocycles. The maximum absolute atomic E-state index is 6.57. The van der Waals surface area contributed by atoms with Gasteiger partial charge in [-0.2, -0.15) is 0 Å². The highest BCUT2D eigenvalue weighted by atomic mass is 15.2. The number of likely N-dealkylation sites (tertiary alicyclic amines) is 1. The van der Waals surface area contributed by atoms with Crippen LogP contribution in [0.1, 0.15) is 49.8 Å². The van der Waals surface area contributed by atoms with Crippen molar-refractivity contribution < 1.29 is 0 Å². The van der Waals surface area contributed by atoms with Gasteiger partial charge in [-0.25, -0.2) is 0 Å². The summed E-state index contributed by atoms with van der Waals surface area (Å²) >= 11 is 0. The van der Waals surface area contributed by atoms with E-state index in [1.807, 2.05) is 0 Å². The molecule has 3 unspecified atom stereocenters. The van der Waals surface area contributed by atoms with Gasteiger partial charge in [0.15, 0.2) is 0 Å². The lowest BCUT2D eigenvalue weighted by Crippen LogP contribution is -2.45. The van der Waals surface area contributed by atoms with Crippen LogP contribution in [0.5, 0.6) is 0 Å². The van der Waals surface area contributed by atoms with Gasteiger partial charge >= 0.3 is 0 Å². The van der Waals surface area contributed by atoms with Gasteiger partial charge in [-0.15, -0.1) is 0 Å². The third kappa shape index (κ3) is 2.70. The van der Waals surface area contributed by atoms with E-state index in [1.54, 1.807) is 0 Å². The summed E-state index contributed by atoms with van der Waals surface area (Å²) in [5, 5.41) is 0. The Labute approximate surface area is 117 Å². The van der Waals surface area contributed by atoms with Gasteiger partial charge < -0.3 is 5.73 Å². The molecular weight excluding hydrogens is 232 g/mol. The Morgan fingerprint density at radius 1 is 1.11 bits per heavy atom. The second-order valence-corrected chi connectivity index (χ2v) is 6.40. The first-order valence-electron chi connectivity index (χ1n) is 7.83. The maximum atomic E-state index is 6.57. The fourth-order valence-corrected chi connectivity index (χ4v) is 3.80. The van der Waals surface area contributed by atoms with Crippen LogP contribution in [0, 0.1) is 5.92 Å². The van der Waals surface area contributed by atoms with Gasteiger partial charge in [0.25, 0.3) is 0 Å². The van der Waals surface area contributed by atoms with Crippen molar-refractivity contribution in [3.05, 3.63) is 35.4 Å². The van der Waals surface area contributed by atoms with Crippen LogP contribution in [0.25, 0.3) is 0 Å². The average Bonchev–Trinajstić information content (AvgIpc) is 2.65. The highest BCUT2D eigenvalue weighted by molar-refractivity contribution is 5.33. The Morgan fingerprint density at radius 2 is 1.95 bits per heavy atom. The molecule has 1 aromatic rings. The molecule has 104 valence electrons. The van der Waals surface area contributed by atoms with Crippen LogP contribution < -0.4 is 5.73 Å². The highest BCUT2D eigenvalue weighted by Gasteiger charge is 2.31. The predicted molar refractivity (Wildman–Crippen MR) is 80.1 cm³/mol. The van der Waals surface area contributed by atoms with Crippen molar-refractivity contribution in [3.63, 3.8) is 0 Å². The number of nitrogens with two attached hydrogens (primary N) is 1. The van der Waals surface area contributed by atoms with E-state index in [1.165, 1.54) is 56.3 Å². The zero-order chi connectivity index (χ0) is 13.2. The third-order valence-electron chi connectivity index (χ3n) is 5.06. The van der Waals surface area contributed by atoms with Crippen molar-refractivity contribution in [3.8, 4) is 0 Å². The molecule has 1 saturated heterocycles. The first-order valence-corrected chi connectivity index (χ1v) is 7.83. The number of hydrogen-bond donors (Lipinski definition) is 1. The smallest absolute Gasteiger partial charge is 0.0455 e. The zero-order valence-electron chi connectivity index (χ0n) is 12.0. The SMILES string of the molecule is CC1CCCN(C2CCc3ccccc3C2N)CC1. The summed E-state index contributed by atoms with van der Waals surface area (Å²) in [4.78, 5) is 2.67. The number of rotatable bonds is 1. The number of benzene rings is 1. The monoisotopic (exact) mass is 258 g/mol. The van der Waals surface area contributed by atoms with E-state index in [2.05, 4.69) is 36.1 Å². The van der Waals surface area contributed by atoms with Crippen molar-refractivity contribution >= 4 is 0 Å². The zero-order valence-corrected chi connectivity index (χ0v) is 12.0. The highest BCUT2D eigenvalue weighted by Crippen LogP contribution is 2.32. The van der Waals surface area contributed by atoms with Gasteiger partial charge in [0.05, 0.1) is 0 Å². The van der Waals surface area contributed by atoms with Crippen molar-refractivity contribution in [2.75, 3.05) is 13.1 Å². The lowest BCUT2D eigenvalue weighted by atomic mass is 9.83. The molecule has 2 heteroatoms. The topological polar surface area (TPSA) is 29.3 Å². The number of hydrogen-bond acceptors (Lipinski definition) is 2. The number of nitrogens with zero attached hydrogens (tertiary/aromatic N) is 1. The van der Waals surface area contributed by atoms with Crippen LogP contribution >= 0.6 is 0 Å². The second-order valence-electron chi connectivity index (χ2n) is 6.40. The van der Waals surface area contributed by atoms with E-state index in [9.17, 15) is 0 Å². The molecule has 1 aliphatic carbocycles. The minimum Gasteiger partial charge on any atom is -0.323 e. The van der Waals surface area contributed by atoms with Gasteiger partial charge in [-0.1, -0.05) is 31.2 Å². The molecule has 0 aromatic heterocycles. The first-order chi connectivity index (χ1) is 9.25. The Kier molecular flexibility index (Phi) is 3.90. The molecule has 0 spiro atoms. The van der Waals surface area contributed by atoms with Crippen LogP contribution in [-0.2, 0) is 6.42 Å². The van der Waals surface area contributed by atoms with Crippen LogP contribution in [0.15, 0.2) is 24.3 Å². The maximum Gasteiger partial charge on any atom is 0.0455 e. The molecule has 2 aliphatic rings. The molecule has 1 fully saturated rings. The summed E-state index contributed by atoms with van der Waals surface area (Å²) in [6, 6.07) is 9.51. The van der Waals surface area contributed by atoms with Gasteiger partial charge in [0.2, 0.25) is 0 Å². The number of aryl methyl sites for hydroxylation is 1. The Bertz CT molecular complexity index is 429. The fraction of sp³-hybridized carbons (Fsp3) is 0.647. The van der Waals surface area contributed by atoms with Crippen molar-refractivity contribution in [2.45, 2.75) is 51.1 Å². The van der Waals surface area contributed by atoms with Gasteiger partial charge in [-0.3, -0.25) is 4.90 Å². The van der Waals surface area contributed by atoms with E-state index in [0.29, 0.717) is 6.04 Å². The van der Waals surface area contributed by atoms with E-state index in [-0.39, 0.29) is 6.04 Å². The average molecular weight is 258 g/mol. The van der Waals surface area contributed by atoms with E-state index in [0.717, 1.165) is 5.92 Å². The lowest BCUT2D eigenvalue weighted by molar-refractivity contribution is 0.159. The third-order valence-corrected chi connectivity index (χ3v) is 5.06. The van der Waals surface area contributed by atoms with Crippen LogP contribution in [0.3, 0.4) is 0 Å². The summed E-state index contributed by atoms with van der Waals surface area (Å²) < 4.78 is 0. The first kappa shape index (κ1) is 13.1. The van der Waals surface area contributed by atoms with E-state index < -0.39 is 0 Å². The summed E-state index contributed by atoms with van der Waals surface area (Å²) in [7, 11) is 0. The molecule has 0 saturated carbocycles. The summed E-state index contributed by atoms with van der Waals surface area (Å²) in [5.74, 6) is 0.886. The second kappa shape index (κ2) is 5.64. The molecule has 0 bridgehead atoms. The predicted octanol–water partition coefficient (Wildman–Crippen LogP) is 3.12. The molecule has 19 heavy (non-hydrogen) atoms. The van der Waals surface area contributed by atoms with Gasteiger partial charge in [0, 0.05) is 12.1 Å². The summed E-state index contributed by atoms with van der Waals surface area (Å²) in [6.07, 6.45) is 6.49. The summed E-state index contributed by atoms with van der Waals surface area (Å²) in [5.41, 5.74) is 9.42. The van der Waals surface area contributed by atoms with Crippen LogP contribution in [0.2, 0.25) is 0 Å². The largest absolute Gasteiger partial charge is 0.323 e. The molecule has 1 aliphatic heterocycles. The molecule has 2 N–H and O–H groups in total. The molecule has 2 nitrogen and oxygen atoms in total. The summed E-state index contributed by atoms with van der Waals surface area (Å²) in [6.45, 7) is 4.87. The van der Waals surface area contributed by atoms with Gasteiger partial charge in [-0.05, 0) is 62.2 Å². The quantitative estimate of drug-likeness (QED) is 0.838. The van der Waals surface area contributed by atoms with Crippen molar-refractivity contribution in [2.24, 2.45) is 11.7 Å². The molecular formula is C17H26N2. The normalized spacial score (nSPS) is 32.6. The molecule has 0 amide bonds. The molecule has 3 atom stereocenters. The minimum absolute atomic E-state index is 0.207. The van der Waals surface area contributed by atoms with E-state index >= 15 is 0 Å².